The van der Waals surface area contributed by atoms with Gasteiger partial charge < -0.3 is 20.9 Å². The first kappa shape index (κ1) is 36.8. The molecule has 226 valence electrons. The largest absolute Gasteiger partial charge is 0.480 e. The second-order valence-electron chi connectivity index (χ2n) is 10.5. The van der Waals surface area contributed by atoms with E-state index in [9.17, 15) is 19.5 Å². The van der Waals surface area contributed by atoms with Crippen molar-refractivity contribution < 1.29 is 24.2 Å². The minimum atomic E-state index is -1.02. The van der Waals surface area contributed by atoms with E-state index >= 15 is 0 Å². The van der Waals surface area contributed by atoms with Crippen LogP contribution in [0.2, 0.25) is 0 Å². The molecule has 0 aromatic carbocycles. The number of carbonyl (C=O) groups excluding carboxylic acids is 2. The van der Waals surface area contributed by atoms with Crippen molar-refractivity contribution in [2.75, 3.05) is 6.54 Å². The molecule has 0 aliphatic carbocycles. The van der Waals surface area contributed by atoms with Gasteiger partial charge in [-0.05, 0) is 77.2 Å². The highest BCUT2D eigenvalue weighted by Gasteiger charge is 2.19. The maximum atomic E-state index is 12.4. The lowest BCUT2D eigenvalue weighted by Crippen LogP contribution is -2.40. The molecule has 7 nitrogen and oxygen atoms in total. The SMILES string of the molecule is CCC/C=C\C/C=C\CCCCCCCC(=O)OC(CCCC)CCCCCC(=O)NC(CCCN)C(=O)O. The number of ether oxygens (including phenoxy) is 1. The van der Waals surface area contributed by atoms with E-state index in [2.05, 4.69) is 43.5 Å². The monoisotopic (exact) mass is 550 g/mol. The Hall–Kier alpha value is -2.15. The van der Waals surface area contributed by atoms with Gasteiger partial charge in [0.25, 0.3) is 0 Å². The van der Waals surface area contributed by atoms with E-state index in [1.807, 2.05) is 0 Å². The molecule has 0 aliphatic rings. The third-order valence-corrected chi connectivity index (χ3v) is 6.75. The highest BCUT2D eigenvalue weighted by Crippen LogP contribution is 2.16. The quantitative estimate of drug-likeness (QED) is 0.0558. The van der Waals surface area contributed by atoms with E-state index in [0.717, 1.165) is 77.0 Å². The van der Waals surface area contributed by atoms with Crippen molar-refractivity contribution in [3.05, 3.63) is 24.3 Å². The van der Waals surface area contributed by atoms with Gasteiger partial charge in [0, 0.05) is 12.8 Å². The van der Waals surface area contributed by atoms with E-state index in [1.54, 1.807) is 0 Å². The summed E-state index contributed by atoms with van der Waals surface area (Å²) in [4.78, 5) is 35.7. The zero-order chi connectivity index (χ0) is 29.0. The second-order valence-corrected chi connectivity index (χ2v) is 10.5. The highest BCUT2D eigenvalue weighted by molar-refractivity contribution is 5.83. The molecule has 0 heterocycles. The molecule has 4 N–H and O–H groups in total. The Morgan fingerprint density at radius 3 is 2.08 bits per heavy atom. The second kappa shape index (κ2) is 27.4. The van der Waals surface area contributed by atoms with E-state index in [-0.39, 0.29) is 18.0 Å². The number of carboxylic acid groups (broad SMARTS) is 1. The van der Waals surface area contributed by atoms with Gasteiger partial charge in [-0.2, -0.15) is 0 Å². The summed E-state index contributed by atoms with van der Waals surface area (Å²) in [6, 6.07) is -0.871. The Morgan fingerprint density at radius 2 is 1.38 bits per heavy atom. The smallest absolute Gasteiger partial charge is 0.326 e. The predicted molar refractivity (Wildman–Crippen MR) is 160 cm³/mol. The molecule has 0 aromatic rings. The molecule has 0 aromatic heterocycles. The predicted octanol–water partition coefficient (Wildman–Crippen LogP) is 7.38. The normalized spacial score (nSPS) is 13.1. The van der Waals surface area contributed by atoms with Crippen LogP contribution in [-0.2, 0) is 19.1 Å². The Morgan fingerprint density at radius 1 is 0.744 bits per heavy atom. The lowest BCUT2D eigenvalue weighted by Gasteiger charge is -2.18. The maximum Gasteiger partial charge on any atom is 0.326 e. The number of unbranched alkanes of at least 4 members (excludes halogenated alkanes) is 9. The third kappa shape index (κ3) is 24.6. The summed E-state index contributed by atoms with van der Waals surface area (Å²) >= 11 is 0. The van der Waals surface area contributed by atoms with Crippen LogP contribution in [0, 0.1) is 0 Å². The van der Waals surface area contributed by atoms with Crippen LogP contribution >= 0.6 is 0 Å². The molecule has 7 heteroatoms. The van der Waals surface area contributed by atoms with Crippen LogP contribution < -0.4 is 11.1 Å². The van der Waals surface area contributed by atoms with Crippen molar-refractivity contribution >= 4 is 17.8 Å². The molecule has 2 atom stereocenters. The number of hydrogen-bond donors (Lipinski definition) is 3. The molecule has 0 fully saturated rings. The van der Waals surface area contributed by atoms with Crippen molar-refractivity contribution in [1.82, 2.24) is 5.32 Å². The minimum absolute atomic E-state index is 0.0532. The fourth-order valence-corrected chi connectivity index (χ4v) is 4.35. The minimum Gasteiger partial charge on any atom is -0.480 e. The van der Waals surface area contributed by atoms with Crippen LogP contribution in [0.25, 0.3) is 0 Å². The molecular weight excluding hydrogens is 492 g/mol. The summed E-state index contributed by atoms with van der Waals surface area (Å²) < 4.78 is 5.80. The van der Waals surface area contributed by atoms with Crippen LogP contribution in [0.1, 0.15) is 142 Å². The van der Waals surface area contributed by atoms with Gasteiger partial charge in [-0.15, -0.1) is 0 Å². The number of esters is 1. The summed E-state index contributed by atoms with van der Waals surface area (Å²) in [6.45, 7) is 4.73. The number of nitrogens with one attached hydrogen (secondary N) is 1. The first-order valence-electron chi connectivity index (χ1n) is 15.7. The molecular formula is C32H58N2O5. The van der Waals surface area contributed by atoms with Gasteiger partial charge in [0.05, 0.1) is 0 Å². The highest BCUT2D eigenvalue weighted by atomic mass is 16.5. The molecule has 0 radical (unpaired) electrons. The topological polar surface area (TPSA) is 119 Å². The van der Waals surface area contributed by atoms with Gasteiger partial charge in [-0.25, -0.2) is 4.79 Å². The Bertz CT molecular complexity index is 677. The van der Waals surface area contributed by atoms with Gasteiger partial charge >= 0.3 is 11.9 Å². The molecule has 39 heavy (non-hydrogen) atoms. The van der Waals surface area contributed by atoms with Crippen molar-refractivity contribution in [3.63, 3.8) is 0 Å². The average molecular weight is 551 g/mol. The van der Waals surface area contributed by atoms with Crippen molar-refractivity contribution in [2.24, 2.45) is 5.73 Å². The third-order valence-electron chi connectivity index (χ3n) is 6.75. The number of carbonyl (C=O) groups is 3. The van der Waals surface area contributed by atoms with Gasteiger partial charge in [0.2, 0.25) is 5.91 Å². The van der Waals surface area contributed by atoms with Crippen LogP contribution in [0.5, 0.6) is 0 Å². The van der Waals surface area contributed by atoms with E-state index in [4.69, 9.17) is 10.5 Å². The van der Waals surface area contributed by atoms with Crippen molar-refractivity contribution in [2.45, 2.75) is 154 Å². The Balaban J connectivity index is 4.01. The number of allylic oxidation sites excluding steroid dienone is 4. The zero-order valence-electron chi connectivity index (χ0n) is 25.0. The average Bonchev–Trinajstić information content (AvgIpc) is 2.91. The lowest BCUT2D eigenvalue weighted by atomic mass is 10.0. The molecule has 0 saturated heterocycles. The van der Waals surface area contributed by atoms with Gasteiger partial charge in [0.1, 0.15) is 12.1 Å². The molecule has 0 aliphatic heterocycles. The Kier molecular flexibility index (Phi) is 25.9. The first-order valence-corrected chi connectivity index (χ1v) is 15.7. The molecule has 0 spiro atoms. The van der Waals surface area contributed by atoms with Gasteiger partial charge in [0.15, 0.2) is 0 Å². The molecule has 0 rings (SSSR count). The van der Waals surface area contributed by atoms with Crippen LogP contribution in [-0.4, -0.2) is 41.6 Å². The van der Waals surface area contributed by atoms with Crippen molar-refractivity contribution in [3.8, 4) is 0 Å². The summed E-state index contributed by atoms with van der Waals surface area (Å²) in [6.07, 6.45) is 26.9. The standard InChI is InChI=1S/C32H58N2O5/c1-3-5-7-8-9-10-11-12-13-14-15-16-20-26-31(36)39-28(22-6-4-2)23-18-17-19-25-30(35)34-29(32(37)38)24-21-27-33/h7-8,10-11,28-29H,3-6,9,12-27,33H2,1-2H3,(H,34,35)(H,37,38)/b8-7-,11-10-. The Labute approximate surface area is 238 Å². The number of nitrogens with two attached hydrogens (primary N) is 1. The van der Waals surface area contributed by atoms with Gasteiger partial charge in [-0.1, -0.05) is 83.1 Å². The van der Waals surface area contributed by atoms with Crippen LogP contribution in [0.3, 0.4) is 0 Å². The lowest BCUT2D eigenvalue weighted by molar-refractivity contribution is -0.150. The number of amides is 1. The fraction of sp³-hybridized carbons (Fsp3) is 0.781. The number of hydrogen-bond acceptors (Lipinski definition) is 5. The summed E-state index contributed by atoms with van der Waals surface area (Å²) in [5.74, 6) is -1.35. The van der Waals surface area contributed by atoms with Crippen LogP contribution in [0.15, 0.2) is 24.3 Å². The molecule has 0 bridgehead atoms. The maximum absolute atomic E-state index is 12.4. The van der Waals surface area contributed by atoms with E-state index < -0.39 is 12.0 Å². The number of rotatable bonds is 27. The summed E-state index contributed by atoms with van der Waals surface area (Å²) in [7, 11) is 0. The molecule has 0 saturated carbocycles. The molecule has 1 amide bonds. The van der Waals surface area contributed by atoms with Gasteiger partial charge in [-0.3, -0.25) is 9.59 Å². The van der Waals surface area contributed by atoms with E-state index in [1.165, 1.54) is 19.3 Å². The zero-order valence-corrected chi connectivity index (χ0v) is 25.0. The van der Waals surface area contributed by atoms with E-state index in [0.29, 0.717) is 38.6 Å². The summed E-state index contributed by atoms with van der Waals surface area (Å²) in [5.41, 5.74) is 5.44. The fourth-order valence-electron chi connectivity index (χ4n) is 4.35. The van der Waals surface area contributed by atoms with Crippen molar-refractivity contribution in [1.29, 1.82) is 0 Å². The summed E-state index contributed by atoms with van der Waals surface area (Å²) in [5, 5.41) is 11.8. The number of aliphatic carboxylic acids is 1. The first-order chi connectivity index (χ1) is 18.9. The number of carboxylic acids is 1. The molecule has 2 unspecified atom stereocenters. The van der Waals surface area contributed by atoms with Crippen LogP contribution in [0.4, 0.5) is 0 Å².